The molecule has 0 saturated carbocycles. The molecule has 8 nitrogen and oxygen atoms in total. The number of nitrogens with one attached hydrogen (secondary N) is 2. The van der Waals surface area contributed by atoms with Crippen LogP contribution in [0.15, 0.2) is 18.2 Å². The average Bonchev–Trinajstić information content (AvgIpc) is 2.65. The van der Waals surface area contributed by atoms with Gasteiger partial charge in [0.1, 0.15) is 17.1 Å². The molecule has 2 N–H and O–H groups in total. The van der Waals surface area contributed by atoms with Gasteiger partial charge in [-0.3, -0.25) is 0 Å². The van der Waals surface area contributed by atoms with Gasteiger partial charge in [-0.15, -0.1) is 0 Å². The summed E-state index contributed by atoms with van der Waals surface area (Å²) in [4.78, 5) is 11.4. The van der Waals surface area contributed by atoms with Gasteiger partial charge in [-0.2, -0.15) is 0 Å². The van der Waals surface area contributed by atoms with Crippen molar-refractivity contribution in [2.45, 2.75) is 39.8 Å². The van der Waals surface area contributed by atoms with Gasteiger partial charge in [-0.1, -0.05) is 6.07 Å². The number of methoxy groups -OCH3 is 1. The van der Waals surface area contributed by atoms with Crippen LogP contribution < -0.4 is 20.1 Å². The van der Waals surface area contributed by atoms with Gasteiger partial charge in [0.2, 0.25) is 0 Å². The molecule has 0 saturated heterocycles. The summed E-state index contributed by atoms with van der Waals surface area (Å²) < 4.78 is 27.0. The standard InChI is InChI=1S/C21H36N2O6/c1-6-28-18-8-7-17(19(15-18)25-5)16-22-9-11-26-13-14-27-12-10-23-20(24)29-21(2,3)4/h7-8,15,22H,6,9-14,16H2,1-5H3,(H,23,24). The Bertz CT molecular complexity index is 589. The van der Waals surface area contributed by atoms with Crippen LogP contribution in [-0.4, -0.2) is 64.9 Å². The molecule has 1 aromatic carbocycles. The molecule has 1 aromatic rings. The van der Waals surface area contributed by atoms with E-state index in [4.69, 9.17) is 23.7 Å². The number of carbonyl (C=O) groups excluding carboxylic acids is 1. The van der Waals surface area contributed by atoms with E-state index in [-0.39, 0.29) is 0 Å². The van der Waals surface area contributed by atoms with Gasteiger partial charge in [0.25, 0.3) is 0 Å². The van der Waals surface area contributed by atoms with Crippen molar-refractivity contribution in [3.8, 4) is 11.5 Å². The Balaban J connectivity index is 2.02. The zero-order valence-corrected chi connectivity index (χ0v) is 18.3. The lowest BCUT2D eigenvalue weighted by Gasteiger charge is -2.19. The number of hydrogen-bond acceptors (Lipinski definition) is 7. The van der Waals surface area contributed by atoms with Crippen LogP contribution in [0.25, 0.3) is 0 Å². The van der Waals surface area contributed by atoms with Crippen molar-refractivity contribution >= 4 is 6.09 Å². The Morgan fingerprint density at radius 3 is 2.34 bits per heavy atom. The molecule has 1 rings (SSSR count). The number of ether oxygens (including phenoxy) is 5. The summed E-state index contributed by atoms with van der Waals surface area (Å²) in [5.41, 5.74) is 0.571. The van der Waals surface area contributed by atoms with Gasteiger partial charge in [0.15, 0.2) is 0 Å². The van der Waals surface area contributed by atoms with Crippen LogP contribution in [0.3, 0.4) is 0 Å². The molecular formula is C21H36N2O6. The summed E-state index contributed by atoms with van der Waals surface area (Å²) in [5.74, 6) is 1.61. The van der Waals surface area contributed by atoms with E-state index in [0.717, 1.165) is 23.6 Å². The van der Waals surface area contributed by atoms with Gasteiger partial charge in [-0.05, 0) is 33.8 Å². The summed E-state index contributed by atoms with van der Waals surface area (Å²) in [6.07, 6.45) is -0.437. The second-order valence-electron chi connectivity index (χ2n) is 7.24. The fourth-order valence-corrected chi connectivity index (χ4v) is 2.36. The van der Waals surface area contributed by atoms with Crippen molar-refractivity contribution < 1.29 is 28.5 Å². The van der Waals surface area contributed by atoms with E-state index in [1.165, 1.54) is 0 Å². The number of carbonyl (C=O) groups is 1. The molecule has 0 heterocycles. The largest absolute Gasteiger partial charge is 0.496 e. The van der Waals surface area contributed by atoms with E-state index in [0.29, 0.717) is 46.1 Å². The summed E-state index contributed by atoms with van der Waals surface area (Å²) in [6, 6.07) is 5.83. The third kappa shape index (κ3) is 12.2. The zero-order chi connectivity index (χ0) is 21.5. The molecule has 0 radical (unpaired) electrons. The second-order valence-corrected chi connectivity index (χ2v) is 7.24. The van der Waals surface area contributed by atoms with E-state index in [2.05, 4.69) is 10.6 Å². The normalized spacial score (nSPS) is 11.2. The molecule has 0 spiro atoms. The van der Waals surface area contributed by atoms with E-state index in [1.807, 2.05) is 45.9 Å². The molecule has 0 aromatic heterocycles. The second kappa shape index (κ2) is 14.0. The Labute approximate surface area is 174 Å². The van der Waals surface area contributed by atoms with E-state index in [1.54, 1.807) is 7.11 Å². The first kappa shape index (κ1) is 25.0. The lowest BCUT2D eigenvalue weighted by Crippen LogP contribution is -2.34. The van der Waals surface area contributed by atoms with E-state index >= 15 is 0 Å². The third-order valence-corrected chi connectivity index (χ3v) is 3.59. The van der Waals surface area contributed by atoms with Crippen LogP contribution in [0.5, 0.6) is 11.5 Å². The Morgan fingerprint density at radius 2 is 1.72 bits per heavy atom. The van der Waals surface area contributed by atoms with Crippen molar-refractivity contribution in [3.05, 3.63) is 23.8 Å². The fraction of sp³-hybridized carbons (Fsp3) is 0.667. The molecule has 0 aliphatic carbocycles. The Kier molecular flexibility index (Phi) is 12.1. The molecule has 29 heavy (non-hydrogen) atoms. The summed E-state index contributed by atoms with van der Waals surface area (Å²) in [7, 11) is 1.65. The minimum atomic E-state index is -0.495. The summed E-state index contributed by atoms with van der Waals surface area (Å²) in [5, 5.41) is 5.96. The van der Waals surface area contributed by atoms with E-state index < -0.39 is 11.7 Å². The van der Waals surface area contributed by atoms with Crippen molar-refractivity contribution in [1.82, 2.24) is 10.6 Å². The number of hydrogen-bond donors (Lipinski definition) is 2. The topological polar surface area (TPSA) is 87.3 Å². The molecule has 0 aliphatic rings. The maximum atomic E-state index is 11.4. The van der Waals surface area contributed by atoms with E-state index in [9.17, 15) is 4.79 Å². The van der Waals surface area contributed by atoms with Crippen LogP contribution in [0, 0.1) is 0 Å². The van der Waals surface area contributed by atoms with Gasteiger partial charge in [0.05, 0.1) is 40.1 Å². The first-order chi connectivity index (χ1) is 13.9. The first-order valence-corrected chi connectivity index (χ1v) is 9.98. The smallest absolute Gasteiger partial charge is 0.407 e. The van der Waals surface area contributed by atoms with Gasteiger partial charge in [0, 0.05) is 31.3 Å². The van der Waals surface area contributed by atoms with Crippen molar-refractivity contribution in [2.75, 3.05) is 53.2 Å². The predicted molar refractivity (Wildman–Crippen MR) is 112 cm³/mol. The Hall–Kier alpha value is -2.03. The molecule has 0 unspecified atom stereocenters. The molecule has 0 bridgehead atoms. The minimum Gasteiger partial charge on any atom is -0.496 e. The molecule has 0 atom stereocenters. The molecule has 0 aliphatic heterocycles. The highest BCUT2D eigenvalue weighted by molar-refractivity contribution is 5.67. The highest BCUT2D eigenvalue weighted by Crippen LogP contribution is 2.24. The highest BCUT2D eigenvalue weighted by Gasteiger charge is 2.15. The van der Waals surface area contributed by atoms with Crippen LogP contribution in [0.2, 0.25) is 0 Å². The highest BCUT2D eigenvalue weighted by atomic mass is 16.6. The minimum absolute atomic E-state index is 0.403. The van der Waals surface area contributed by atoms with Gasteiger partial charge < -0.3 is 34.3 Å². The van der Waals surface area contributed by atoms with Crippen LogP contribution >= 0.6 is 0 Å². The lowest BCUT2D eigenvalue weighted by atomic mass is 10.2. The number of benzene rings is 1. The van der Waals surface area contributed by atoms with Crippen LogP contribution in [0.1, 0.15) is 33.3 Å². The van der Waals surface area contributed by atoms with Crippen molar-refractivity contribution in [1.29, 1.82) is 0 Å². The predicted octanol–water partition coefficient (Wildman–Crippen LogP) is 2.74. The van der Waals surface area contributed by atoms with Gasteiger partial charge >= 0.3 is 6.09 Å². The van der Waals surface area contributed by atoms with Crippen molar-refractivity contribution in [2.24, 2.45) is 0 Å². The third-order valence-electron chi connectivity index (χ3n) is 3.59. The SMILES string of the molecule is CCOc1ccc(CNCCOCCOCCNC(=O)OC(C)(C)C)c(OC)c1. The number of amides is 1. The summed E-state index contributed by atoms with van der Waals surface area (Å²) in [6.45, 7) is 11.8. The lowest BCUT2D eigenvalue weighted by molar-refractivity contribution is 0.0403. The van der Waals surface area contributed by atoms with Gasteiger partial charge in [-0.25, -0.2) is 4.79 Å². The van der Waals surface area contributed by atoms with Crippen molar-refractivity contribution in [3.63, 3.8) is 0 Å². The average molecular weight is 413 g/mol. The summed E-state index contributed by atoms with van der Waals surface area (Å²) >= 11 is 0. The number of rotatable bonds is 14. The molecule has 8 heteroatoms. The molecule has 0 fully saturated rings. The Morgan fingerprint density at radius 1 is 1.03 bits per heavy atom. The quantitative estimate of drug-likeness (QED) is 0.454. The van der Waals surface area contributed by atoms with Crippen LogP contribution in [-0.2, 0) is 20.8 Å². The maximum Gasteiger partial charge on any atom is 0.407 e. The molecule has 1 amide bonds. The van der Waals surface area contributed by atoms with Crippen LogP contribution in [0.4, 0.5) is 4.79 Å². The molecular weight excluding hydrogens is 376 g/mol. The zero-order valence-electron chi connectivity index (χ0n) is 18.3. The fourth-order valence-electron chi connectivity index (χ4n) is 2.36. The molecule has 166 valence electrons. The first-order valence-electron chi connectivity index (χ1n) is 9.98. The number of alkyl carbamates (subject to hydrolysis) is 1. The maximum absolute atomic E-state index is 11.4. The monoisotopic (exact) mass is 412 g/mol.